The highest BCUT2D eigenvalue weighted by Gasteiger charge is 2.60. The number of ether oxygens (including phenoxy) is 1. The molecule has 3 fully saturated rings. The number of aryl methyl sites for hydroxylation is 1. The average Bonchev–Trinajstić information content (AvgIpc) is 3.04. The zero-order valence-corrected chi connectivity index (χ0v) is 13.6. The summed E-state index contributed by atoms with van der Waals surface area (Å²) in [7, 11) is 0. The summed E-state index contributed by atoms with van der Waals surface area (Å²) in [5, 5.41) is 4.41. The summed E-state index contributed by atoms with van der Waals surface area (Å²) in [6.45, 7) is 4.10. The van der Waals surface area contributed by atoms with E-state index in [-0.39, 0.29) is 5.60 Å². The van der Waals surface area contributed by atoms with Crippen molar-refractivity contribution in [3.8, 4) is 0 Å². The molecular weight excluding hydrogens is 290 g/mol. The van der Waals surface area contributed by atoms with Crippen molar-refractivity contribution in [1.82, 2.24) is 19.6 Å². The predicted molar refractivity (Wildman–Crippen MR) is 86.6 cm³/mol. The summed E-state index contributed by atoms with van der Waals surface area (Å²) in [5.74, 6) is 2.64. The molecule has 2 atom stereocenters. The lowest BCUT2D eigenvalue weighted by atomic mass is 9.78. The highest BCUT2D eigenvalue weighted by atomic mass is 16.5. The van der Waals surface area contributed by atoms with Crippen LogP contribution in [-0.2, 0) is 11.2 Å². The first-order valence-corrected chi connectivity index (χ1v) is 8.91. The first-order valence-electron chi connectivity index (χ1n) is 8.91. The predicted octanol–water partition coefficient (Wildman–Crippen LogP) is 2.22. The van der Waals surface area contributed by atoms with Crippen molar-refractivity contribution >= 4 is 11.6 Å². The summed E-state index contributed by atoms with van der Waals surface area (Å²) < 4.78 is 8.11. The summed E-state index contributed by atoms with van der Waals surface area (Å²) in [6.07, 6.45) is 8.76. The molecule has 5 rings (SSSR count). The lowest BCUT2D eigenvalue weighted by molar-refractivity contribution is -0.0624. The van der Waals surface area contributed by atoms with Gasteiger partial charge in [-0.25, -0.2) is 4.98 Å². The number of anilines is 1. The molecule has 0 radical (unpaired) electrons. The van der Waals surface area contributed by atoms with Gasteiger partial charge in [0.1, 0.15) is 17.7 Å². The van der Waals surface area contributed by atoms with Gasteiger partial charge in [-0.15, -0.1) is 0 Å². The molecule has 1 spiro atoms. The molecule has 2 aliphatic heterocycles. The van der Waals surface area contributed by atoms with Crippen LogP contribution in [0.2, 0.25) is 0 Å². The smallest absolute Gasteiger partial charge is 0.254 e. The molecule has 6 heteroatoms. The first-order chi connectivity index (χ1) is 11.3. The van der Waals surface area contributed by atoms with Crippen molar-refractivity contribution in [2.45, 2.75) is 57.1 Å². The molecule has 2 aromatic heterocycles. The molecule has 122 valence electrons. The van der Waals surface area contributed by atoms with Gasteiger partial charge in [-0.3, -0.25) is 0 Å². The van der Waals surface area contributed by atoms with Gasteiger partial charge in [-0.2, -0.15) is 14.6 Å². The molecule has 2 aromatic rings. The first kappa shape index (κ1) is 13.7. The van der Waals surface area contributed by atoms with E-state index in [1.165, 1.54) is 25.7 Å². The average molecular weight is 313 g/mol. The standard InChI is InChI=1S/C17H23N5O/c1-2-4-13-9-14(22-16(20-13)18-11-19-22)21-10-17(7-3-8-23-17)15(21)12-5-6-12/h9,11-12,15H,2-8,10H2,1H3. The molecule has 1 aliphatic carbocycles. The molecule has 6 nitrogen and oxygen atoms in total. The van der Waals surface area contributed by atoms with E-state index in [1.807, 2.05) is 4.52 Å². The normalized spacial score (nSPS) is 30.3. The maximum Gasteiger partial charge on any atom is 0.254 e. The Kier molecular flexibility index (Phi) is 2.92. The van der Waals surface area contributed by atoms with Gasteiger partial charge < -0.3 is 9.64 Å². The molecule has 0 amide bonds. The van der Waals surface area contributed by atoms with Crippen LogP contribution in [0, 0.1) is 5.92 Å². The number of rotatable bonds is 4. The Hall–Kier alpha value is -1.69. The number of hydrogen-bond acceptors (Lipinski definition) is 5. The maximum absolute atomic E-state index is 6.21. The minimum absolute atomic E-state index is 0.0995. The monoisotopic (exact) mass is 313 g/mol. The van der Waals surface area contributed by atoms with Crippen LogP contribution in [0.1, 0.15) is 44.7 Å². The number of hydrogen-bond donors (Lipinski definition) is 0. The van der Waals surface area contributed by atoms with Crippen molar-refractivity contribution in [2.75, 3.05) is 18.1 Å². The van der Waals surface area contributed by atoms with E-state index < -0.39 is 0 Å². The number of fused-ring (bicyclic) bond motifs is 1. The van der Waals surface area contributed by atoms with Gasteiger partial charge in [0.05, 0.1) is 12.6 Å². The van der Waals surface area contributed by atoms with E-state index in [9.17, 15) is 0 Å². The van der Waals surface area contributed by atoms with Gasteiger partial charge in [0, 0.05) is 18.4 Å². The lowest BCUT2D eigenvalue weighted by Crippen LogP contribution is -2.71. The minimum Gasteiger partial charge on any atom is -0.371 e. The number of nitrogens with zero attached hydrogens (tertiary/aromatic N) is 5. The molecule has 23 heavy (non-hydrogen) atoms. The van der Waals surface area contributed by atoms with Crippen molar-refractivity contribution in [3.63, 3.8) is 0 Å². The summed E-state index contributed by atoms with van der Waals surface area (Å²) in [5.41, 5.74) is 1.22. The fourth-order valence-electron chi connectivity index (χ4n) is 4.48. The van der Waals surface area contributed by atoms with Gasteiger partial charge >= 0.3 is 0 Å². The minimum atomic E-state index is 0.0995. The lowest BCUT2D eigenvalue weighted by Gasteiger charge is -2.56. The largest absolute Gasteiger partial charge is 0.371 e. The van der Waals surface area contributed by atoms with Crippen LogP contribution in [0.4, 0.5) is 5.82 Å². The second-order valence-corrected chi connectivity index (χ2v) is 7.25. The van der Waals surface area contributed by atoms with Gasteiger partial charge in [0.25, 0.3) is 5.78 Å². The summed E-state index contributed by atoms with van der Waals surface area (Å²) >= 11 is 0. The van der Waals surface area contributed by atoms with E-state index in [1.54, 1.807) is 6.33 Å². The molecule has 2 saturated heterocycles. The van der Waals surface area contributed by atoms with Crippen LogP contribution in [-0.4, -0.2) is 44.4 Å². The highest BCUT2D eigenvalue weighted by Crippen LogP contribution is 2.52. The zero-order valence-electron chi connectivity index (χ0n) is 13.6. The van der Waals surface area contributed by atoms with Crippen LogP contribution in [0.25, 0.3) is 5.78 Å². The Morgan fingerprint density at radius 3 is 3.04 bits per heavy atom. The third-order valence-corrected chi connectivity index (χ3v) is 5.60. The number of aromatic nitrogens is 4. The molecule has 0 bridgehead atoms. The molecule has 0 N–H and O–H groups in total. The topological polar surface area (TPSA) is 55.6 Å². The van der Waals surface area contributed by atoms with Crippen LogP contribution in [0.5, 0.6) is 0 Å². The quantitative estimate of drug-likeness (QED) is 0.866. The van der Waals surface area contributed by atoms with Gasteiger partial charge in [0.2, 0.25) is 0 Å². The Morgan fingerprint density at radius 1 is 1.39 bits per heavy atom. The van der Waals surface area contributed by atoms with Gasteiger partial charge in [0.15, 0.2) is 0 Å². The van der Waals surface area contributed by atoms with E-state index in [4.69, 9.17) is 4.74 Å². The Balaban J connectivity index is 1.56. The van der Waals surface area contributed by atoms with Crippen LogP contribution in [0.3, 0.4) is 0 Å². The van der Waals surface area contributed by atoms with Gasteiger partial charge in [-0.05, 0) is 38.0 Å². The van der Waals surface area contributed by atoms with Crippen molar-refractivity contribution < 1.29 is 4.74 Å². The fourth-order valence-corrected chi connectivity index (χ4v) is 4.48. The Bertz CT molecular complexity index is 732. The third-order valence-electron chi connectivity index (χ3n) is 5.60. The summed E-state index contributed by atoms with van der Waals surface area (Å²) in [6, 6.07) is 2.72. The summed E-state index contributed by atoms with van der Waals surface area (Å²) in [4.78, 5) is 11.5. The maximum atomic E-state index is 6.21. The van der Waals surface area contributed by atoms with Crippen molar-refractivity contribution in [2.24, 2.45) is 5.92 Å². The van der Waals surface area contributed by atoms with Crippen LogP contribution >= 0.6 is 0 Å². The molecule has 4 heterocycles. The zero-order chi connectivity index (χ0) is 15.4. The second-order valence-electron chi connectivity index (χ2n) is 7.25. The van der Waals surface area contributed by atoms with Gasteiger partial charge in [-0.1, -0.05) is 13.3 Å². The molecule has 0 aromatic carbocycles. The third kappa shape index (κ3) is 2.00. The van der Waals surface area contributed by atoms with Crippen molar-refractivity contribution in [1.29, 1.82) is 0 Å². The molecular formula is C17H23N5O. The Morgan fingerprint density at radius 2 is 2.30 bits per heavy atom. The van der Waals surface area contributed by atoms with E-state index >= 15 is 0 Å². The Labute approximate surface area is 135 Å². The van der Waals surface area contributed by atoms with E-state index in [2.05, 4.69) is 33.0 Å². The van der Waals surface area contributed by atoms with Crippen LogP contribution < -0.4 is 4.90 Å². The van der Waals surface area contributed by atoms with E-state index in [0.29, 0.717) is 11.8 Å². The van der Waals surface area contributed by atoms with Crippen LogP contribution in [0.15, 0.2) is 12.4 Å². The molecule has 1 saturated carbocycles. The fraction of sp³-hybridized carbons (Fsp3) is 0.706. The molecule has 3 aliphatic rings. The van der Waals surface area contributed by atoms with E-state index in [0.717, 1.165) is 43.4 Å². The molecule has 2 unspecified atom stereocenters. The van der Waals surface area contributed by atoms with Crippen molar-refractivity contribution in [3.05, 3.63) is 18.1 Å². The second kappa shape index (κ2) is 4.90. The highest BCUT2D eigenvalue weighted by molar-refractivity contribution is 5.53. The SMILES string of the molecule is CCCc1cc(N2CC3(CCCO3)C2C2CC2)n2ncnc2n1.